The minimum Gasteiger partial charge on any atom is -0.490 e. The molecular formula is C22H26FN3O4. The van der Waals surface area contributed by atoms with Gasteiger partial charge >= 0.3 is 11.8 Å². The van der Waals surface area contributed by atoms with Crippen LogP contribution >= 0.6 is 0 Å². The normalized spacial score (nSPS) is 11.7. The molecular weight excluding hydrogens is 389 g/mol. The standard InChI is InChI=1S/C22H26FN3O4/c1-4-15(3)25-21(27)22(28)26-24-13-16-10-11-19(20(12-16)29-5-2)30-14-17-8-6-7-9-18(17)23/h6-13,15H,4-5,14H2,1-3H3,(H,25,27)(H,26,28)/b24-13-/t15-/m0/s1. The highest BCUT2D eigenvalue weighted by molar-refractivity contribution is 6.35. The van der Waals surface area contributed by atoms with Crippen LogP contribution in [-0.4, -0.2) is 30.7 Å². The number of hydrogen-bond acceptors (Lipinski definition) is 5. The Labute approximate surface area is 175 Å². The lowest BCUT2D eigenvalue weighted by Gasteiger charge is -2.13. The van der Waals surface area contributed by atoms with Crippen molar-refractivity contribution in [2.45, 2.75) is 39.8 Å². The minimum atomic E-state index is -0.846. The maximum absolute atomic E-state index is 13.8. The molecule has 0 radical (unpaired) electrons. The SMILES string of the molecule is CCOc1cc(/C=N\NC(=O)C(=O)N[C@@H](C)CC)ccc1OCc1ccccc1F. The molecule has 0 bridgehead atoms. The molecule has 0 aliphatic rings. The summed E-state index contributed by atoms with van der Waals surface area (Å²) in [5.41, 5.74) is 3.24. The zero-order valence-corrected chi connectivity index (χ0v) is 17.3. The van der Waals surface area contributed by atoms with Gasteiger partial charge in [-0.15, -0.1) is 0 Å². The topological polar surface area (TPSA) is 89.0 Å². The van der Waals surface area contributed by atoms with E-state index in [1.54, 1.807) is 43.3 Å². The highest BCUT2D eigenvalue weighted by atomic mass is 19.1. The molecule has 160 valence electrons. The fraction of sp³-hybridized carbons (Fsp3) is 0.318. The molecule has 2 aromatic rings. The average molecular weight is 415 g/mol. The Morgan fingerprint density at radius 1 is 1.10 bits per heavy atom. The molecule has 0 saturated carbocycles. The van der Waals surface area contributed by atoms with Crippen molar-refractivity contribution in [2.75, 3.05) is 6.61 Å². The van der Waals surface area contributed by atoms with Crippen LogP contribution in [0.25, 0.3) is 0 Å². The molecule has 1 atom stereocenters. The first kappa shape index (κ1) is 22.9. The first-order valence-corrected chi connectivity index (χ1v) is 9.71. The van der Waals surface area contributed by atoms with Gasteiger partial charge in [0.15, 0.2) is 11.5 Å². The van der Waals surface area contributed by atoms with Crippen molar-refractivity contribution in [1.29, 1.82) is 0 Å². The lowest BCUT2D eigenvalue weighted by atomic mass is 10.2. The summed E-state index contributed by atoms with van der Waals surface area (Å²) >= 11 is 0. The molecule has 0 heterocycles. The van der Waals surface area contributed by atoms with E-state index in [-0.39, 0.29) is 18.5 Å². The van der Waals surface area contributed by atoms with Crippen molar-refractivity contribution in [3.63, 3.8) is 0 Å². The second-order valence-electron chi connectivity index (χ2n) is 6.50. The summed E-state index contributed by atoms with van der Waals surface area (Å²) in [4.78, 5) is 23.4. The number of nitrogens with one attached hydrogen (secondary N) is 2. The van der Waals surface area contributed by atoms with E-state index in [0.29, 0.717) is 35.7 Å². The summed E-state index contributed by atoms with van der Waals surface area (Å²) in [5.74, 6) is -1.02. The minimum absolute atomic E-state index is 0.0571. The van der Waals surface area contributed by atoms with Crippen LogP contribution in [0.1, 0.15) is 38.3 Å². The van der Waals surface area contributed by atoms with Gasteiger partial charge in [-0.1, -0.05) is 25.1 Å². The molecule has 0 unspecified atom stereocenters. The van der Waals surface area contributed by atoms with Gasteiger partial charge in [0.1, 0.15) is 12.4 Å². The van der Waals surface area contributed by atoms with Crippen LogP contribution in [0.2, 0.25) is 0 Å². The second-order valence-corrected chi connectivity index (χ2v) is 6.50. The van der Waals surface area contributed by atoms with Crippen LogP contribution in [0.5, 0.6) is 11.5 Å². The van der Waals surface area contributed by atoms with E-state index in [1.807, 2.05) is 13.8 Å². The third kappa shape index (κ3) is 6.88. The Kier molecular flexibility index (Phi) is 8.80. The third-order valence-electron chi connectivity index (χ3n) is 4.18. The second kappa shape index (κ2) is 11.5. The number of amides is 2. The Bertz CT molecular complexity index is 902. The molecule has 2 N–H and O–H groups in total. The van der Waals surface area contributed by atoms with Crippen molar-refractivity contribution < 1.29 is 23.5 Å². The quantitative estimate of drug-likeness (QED) is 0.374. The van der Waals surface area contributed by atoms with E-state index >= 15 is 0 Å². The molecule has 0 spiro atoms. The highest BCUT2D eigenvalue weighted by Gasteiger charge is 2.14. The lowest BCUT2D eigenvalue weighted by molar-refractivity contribution is -0.139. The largest absolute Gasteiger partial charge is 0.490 e. The lowest BCUT2D eigenvalue weighted by Crippen LogP contribution is -2.41. The molecule has 0 aromatic heterocycles. The maximum Gasteiger partial charge on any atom is 0.329 e. The maximum atomic E-state index is 13.8. The molecule has 0 aliphatic carbocycles. The Balaban J connectivity index is 2.01. The third-order valence-corrected chi connectivity index (χ3v) is 4.18. The van der Waals surface area contributed by atoms with Crippen LogP contribution < -0.4 is 20.2 Å². The van der Waals surface area contributed by atoms with Crippen molar-refractivity contribution in [2.24, 2.45) is 5.10 Å². The monoisotopic (exact) mass is 415 g/mol. The molecule has 2 amide bonds. The van der Waals surface area contributed by atoms with Gasteiger partial charge in [0.05, 0.1) is 12.8 Å². The number of carbonyl (C=O) groups excluding carboxylic acids is 2. The average Bonchev–Trinajstić information content (AvgIpc) is 2.74. The van der Waals surface area contributed by atoms with Gasteiger partial charge in [0.25, 0.3) is 0 Å². The zero-order valence-electron chi connectivity index (χ0n) is 17.3. The summed E-state index contributed by atoms with van der Waals surface area (Å²) in [7, 11) is 0. The number of hydrogen-bond donors (Lipinski definition) is 2. The molecule has 8 heteroatoms. The number of benzene rings is 2. The van der Waals surface area contributed by atoms with E-state index in [0.717, 1.165) is 0 Å². The Morgan fingerprint density at radius 2 is 1.87 bits per heavy atom. The number of halogens is 1. The van der Waals surface area contributed by atoms with Crippen molar-refractivity contribution >= 4 is 18.0 Å². The number of nitrogens with zero attached hydrogens (tertiary/aromatic N) is 1. The van der Waals surface area contributed by atoms with Crippen molar-refractivity contribution in [3.8, 4) is 11.5 Å². The fourth-order valence-electron chi connectivity index (χ4n) is 2.37. The van der Waals surface area contributed by atoms with Crippen LogP contribution in [0.15, 0.2) is 47.6 Å². The predicted octanol–water partition coefficient (Wildman–Crippen LogP) is 3.17. The number of hydrazone groups is 1. The van der Waals surface area contributed by atoms with Gasteiger partial charge in [0, 0.05) is 11.6 Å². The molecule has 30 heavy (non-hydrogen) atoms. The van der Waals surface area contributed by atoms with Gasteiger partial charge in [0.2, 0.25) is 0 Å². The van der Waals surface area contributed by atoms with Crippen molar-refractivity contribution in [1.82, 2.24) is 10.7 Å². The summed E-state index contributed by atoms with van der Waals surface area (Å²) in [6.45, 7) is 6.00. The molecule has 0 saturated heterocycles. The van der Waals surface area contributed by atoms with Gasteiger partial charge in [-0.2, -0.15) is 5.10 Å². The van der Waals surface area contributed by atoms with Gasteiger partial charge in [-0.05, 0) is 50.1 Å². The predicted molar refractivity (Wildman–Crippen MR) is 112 cm³/mol. The molecule has 0 fully saturated rings. The fourth-order valence-corrected chi connectivity index (χ4v) is 2.37. The summed E-state index contributed by atoms with van der Waals surface area (Å²) in [5, 5.41) is 6.36. The van der Waals surface area contributed by atoms with Crippen LogP contribution in [0.3, 0.4) is 0 Å². The molecule has 2 aromatic carbocycles. The van der Waals surface area contributed by atoms with E-state index in [2.05, 4.69) is 15.8 Å². The van der Waals surface area contributed by atoms with Crippen LogP contribution in [-0.2, 0) is 16.2 Å². The smallest absolute Gasteiger partial charge is 0.329 e. The Morgan fingerprint density at radius 3 is 2.57 bits per heavy atom. The van der Waals surface area contributed by atoms with Crippen molar-refractivity contribution in [3.05, 3.63) is 59.4 Å². The zero-order chi connectivity index (χ0) is 21.9. The highest BCUT2D eigenvalue weighted by Crippen LogP contribution is 2.29. The van der Waals surface area contributed by atoms with Gasteiger partial charge in [-0.3, -0.25) is 9.59 Å². The summed E-state index contributed by atoms with van der Waals surface area (Å²) in [6.07, 6.45) is 2.10. The van der Waals surface area contributed by atoms with Gasteiger partial charge < -0.3 is 14.8 Å². The Hall–Kier alpha value is -3.42. The summed E-state index contributed by atoms with van der Waals surface area (Å²) in [6, 6.07) is 11.3. The molecule has 2 rings (SSSR count). The first-order chi connectivity index (χ1) is 14.4. The van der Waals surface area contributed by atoms with E-state index in [9.17, 15) is 14.0 Å². The van der Waals surface area contributed by atoms with E-state index in [4.69, 9.17) is 9.47 Å². The summed E-state index contributed by atoms with van der Waals surface area (Å²) < 4.78 is 25.1. The number of ether oxygens (including phenoxy) is 2. The number of carbonyl (C=O) groups is 2. The number of rotatable bonds is 9. The van der Waals surface area contributed by atoms with Crippen LogP contribution in [0.4, 0.5) is 4.39 Å². The molecule has 0 aliphatic heterocycles. The van der Waals surface area contributed by atoms with Crippen LogP contribution in [0, 0.1) is 5.82 Å². The first-order valence-electron chi connectivity index (χ1n) is 9.71. The molecule has 7 nitrogen and oxygen atoms in total. The van der Waals surface area contributed by atoms with E-state index in [1.165, 1.54) is 12.3 Å². The van der Waals surface area contributed by atoms with E-state index < -0.39 is 11.8 Å². The van der Waals surface area contributed by atoms with Gasteiger partial charge in [-0.25, -0.2) is 9.82 Å².